The number of rotatable bonds is 2. The van der Waals surface area contributed by atoms with Gasteiger partial charge in [0.2, 0.25) is 0 Å². The lowest BCUT2D eigenvalue weighted by molar-refractivity contribution is -0.137. The summed E-state index contributed by atoms with van der Waals surface area (Å²) in [5.74, 6) is 1.18. The van der Waals surface area contributed by atoms with Gasteiger partial charge in [-0.1, -0.05) is 5.16 Å². The van der Waals surface area contributed by atoms with Crippen LogP contribution in [-0.2, 0) is 6.18 Å². The van der Waals surface area contributed by atoms with Gasteiger partial charge in [-0.2, -0.15) is 13.2 Å². The van der Waals surface area contributed by atoms with Crippen LogP contribution in [0.2, 0.25) is 0 Å². The molecule has 26 heavy (non-hydrogen) atoms. The molecule has 0 bridgehead atoms. The number of halogens is 3. The number of nitrogens with zero attached hydrogens (tertiary/aromatic N) is 4. The zero-order chi connectivity index (χ0) is 18.5. The summed E-state index contributed by atoms with van der Waals surface area (Å²) in [4.78, 5) is 20.3. The zero-order valence-electron chi connectivity index (χ0n) is 14.0. The quantitative estimate of drug-likeness (QED) is 0.818. The number of anilines is 1. The molecule has 4 heterocycles. The summed E-state index contributed by atoms with van der Waals surface area (Å²) in [6.45, 7) is 3.59. The van der Waals surface area contributed by atoms with Crippen LogP contribution in [0.5, 0.6) is 0 Å². The van der Waals surface area contributed by atoms with Crippen LogP contribution in [0, 0.1) is 12.8 Å². The fourth-order valence-electron chi connectivity index (χ4n) is 3.76. The maximum absolute atomic E-state index is 12.7. The number of hydrogen-bond acceptors (Lipinski definition) is 5. The SMILES string of the molecule is Cc1cc(C(=O)N2CCC3CN(c4ccc(C(F)(F)F)cn4)CC32)no1. The monoisotopic (exact) mass is 366 g/mol. The standard InChI is InChI=1S/C17H17F3N4O2/c1-10-6-13(22-26-10)16(25)24-5-4-11-8-23(9-14(11)24)15-3-2-12(7-21-15)17(18,19)20/h2-3,6-7,11,14H,4-5,8-9H2,1H3. The number of aromatic nitrogens is 2. The maximum Gasteiger partial charge on any atom is 0.417 e. The highest BCUT2D eigenvalue weighted by atomic mass is 19.4. The van der Waals surface area contributed by atoms with Crippen LogP contribution in [0.4, 0.5) is 19.0 Å². The third-order valence-electron chi connectivity index (χ3n) is 5.05. The first kappa shape index (κ1) is 16.9. The summed E-state index contributed by atoms with van der Waals surface area (Å²) in [5.41, 5.74) is -0.479. The van der Waals surface area contributed by atoms with Gasteiger partial charge >= 0.3 is 6.18 Å². The molecule has 2 aliphatic rings. The number of fused-ring (bicyclic) bond motifs is 1. The van der Waals surface area contributed by atoms with Crippen molar-refractivity contribution in [3.63, 3.8) is 0 Å². The highest BCUT2D eigenvalue weighted by molar-refractivity contribution is 5.92. The first-order valence-electron chi connectivity index (χ1n) is 8.35. The van der Waals surface area contributed by atoms with Crippen LogP contribution in [0.15, 0.2) is 28.9 Å². The number of likely N-dealkylation sites (tertiary alicyclic amines) is 1. The van der Waals surface area contributed by atoms with Crippen molar-refractivity contribution in [2.24, 2.45) is 5.92 Å². The molecule has 2 aliphatic heterocycles. The number of carbonyl (C=O) groups is 1. The van der Waals surface area contributed by atoms with Crippen LogP contribution < -0.4 is 4.90 Å². The second-order valence-corrected chi connectivity index (χ2v) is 6.75. The molecule has 0 aliphatic carbocycles. The van der Waals surface area contributed by atoms with Gasteiger partial charge in [-0.3, -0.25) is 4.79 Å². The van der Waals surface area contributed by atoms with Crippen LogP contribution in [0.1, 0.15) is 28.2 Å². The Hall–Kier alpha value is -2.58. The van der Waals surface area contributed by atoms with E-state index in [0.29, 0.717) is 31.2 Å². The van der Waals surface area contributed by atoms with E-state index in [-0.39, 0.29) is 23.6 Å². The summed E-state index contributed by atoms with van der Waals surface area (Å²) < 4.78 is 43.0. The molecule has 6 nitrogen and oxygen atoms in total. The molecule has 2 atom stereocenters. The van der Waals surface area contributed by atoms with E-state index in [1.54, 1.807) is 17.9 Å². The van der Waals surface area contributed by atoms with Crippen molar-refractivity contribution in [3.05, 3.63) is 41.4 Å². The van der Waals surface area contributed by atoms with Crippen LogP contribution in [0.25, 0.3) is 0 Å². The van der Waals surface area contributed by atoms with E-state index in [1.807, 2.05) is 4.90 Å². The van der Waals surface area contributed by atoms with Gasteiger partial charge in [0.15, 0.2) is 5.69 Å². The van der Waals surface area contributed by atoms with Crippen molar-refractivity contribution >= 4 is 11.7 Å². The van der Waals surface area contributed by atoms with E-state index >= 15 is 0 Å². The molecule has 9 heteroatoms. The van der Waals surface area contributed by atoms with E-state index in [9.17, 15) is 18.0 Å². The van der Waals surface area contributed by atoms with Gasteiger partial charge in [0, 0.05) is 37.8 Å². The number of alkyl halides is 3. The Bertz CT molecular complexity index is 818. The van der Waals surface area contributed by atoms with E-state index in [4.69, 9.17) is 4.52 Å². The topological polar surface area (TPSA) is 62.5 Å². The first-order chi connectivity index (χ1) is 12.3. The maximum atomic E-state index is 12.7. The summed E-state index contributed by atoms with van der Waals surface area (Å²) in [6, 6.07) is 4.04. The summed E-state index contributed by atoms with van der Waals surface area (Å²) >= 11 is 0. The second-order valence-electron chi connectivity index (χ2n) is 6.75. The molecular weight excluding hydrogens is 349 g/mol. The van der Waals surface area contributed by atoms with Gasteiger partial charge in [-0.05, 0) is 25.5 Å². The summed E-state index contributed by atoms with van der Waals surface area (Å²) in [5, 5.41) is 3.79. The third-order valence-corrected chi connectivity index (χ3v) is 5.05. The minimum Gasteiger partial charge on any atom is -0.361 e. The van der Waals surface area contributed by atoms with Crippen molar-refractivity contribution in [1.29, 1.82) is 0 Å². The number of aryl methyl sites for hydroxylation is 1. The van der Waals surface area contributed by atoms with Crippen molar-refractivity contribution < 1.29 is 22.5 Å². The molecule has 0 N–H and O–H groups in total. The third kappa shape index (κ3) is 2.91. The lowest BCUT2D eigenvalue weighted by atomic mass is 10.1. The normalized spacial score (nSPS) is 22.8. The van der Waals surface area contributed by atoms with Crippen molar-refractivity contribution in [2.45, 2.75) is 25.6 Å². The number of carbonyl (C=O) groups excluding carboxylic acids is 1. The lowest BCUT2D eigenvalue weighted by Gasteiger charge is -2.24. The molecule has 2 aromatic heterocycles. The number of amides is 1. The van der Waals surface area contributed by atoms with E-state index in [2.05, 4.69) is 10.1 Å². The lowest BCUT2D eigenvalue weighted by Crippen LogP contribution is -2.40. The van der Waals surface area contributed by atoms with Crippen LogP contribution >= 0.6 is 0 Å². The smallest absolute Gasteiger partial charge is 0.361 e. The molecule has 2 aromatic rings. The van der Waals surface area contributed by atoms with E-state index in [1.165, 1.54) is 6.07 Å². The molecule has 0 aromatic carbocycles. The van der Waals surface area contributed by atoms with Crippen molar-refractivity contribution in [3.8, 4) is 0 Å². The van der Waals surface area contributed by atoms with Gasteiger partial charge in [0.05, 0.1) is 11.6 Å². The predicted molar refractivity (Wildman–Crippen MR) is 85.6 cm³/mol. The van der Waals surface area contributed by atoms with Crippen LogP contribution in [0.3, 0.4) is 0 Å². The molecule has 1 amide bonds. The minimum atomic E-state index is -4.40. The van der Waals surface area contributed by atoms with Crippen LogP contribution in [-0.4, -0.2) is 46.6 Å². The fourth-order valence-corrected chi connectivity index (χ4v) is 3.76. The minimum absolute atomic E-state index is 0.00333. The molecule has 0 saturated carbocycles. The van der Waals surface area contributed by atoms with E-state index < -0.39 is 11.7 Å². The predicted octanol–water partition coefficient (Wildman–Crippen LogP) is 2.75. The summed E-state index contributed by atoms with van der Waals surface area (Å²) in [7, 11) is 0. The average molecular weight is 366 g/mol. The largest absolute Gasteiger partial charge is 0.417 e. The fraction of sp³-hybridized carbons (Fsp3) is 0.471. The van der Waals surface area contributed by atoms with Gasteiger partial charge in [0.1, 0.15) is 11.6 Å². The highest BCUT2D eigenvalue weighted by Crippen LogP contribution is 2.35. The Balaban J connectivity index is 1.48. The Morgan fingerprint density at radius 2 is 2.12 bits per heavy atom. The Kier molecular flexibility index (Phi) is 3.89. The number of pyridine rings is 1. The first-order valence-corrected chi connectivity index (χ1v) is 8.35. The average Bonchev–Trinajstić information content (AvgIpc) is 3.28. The molecule has 0 radical (unpaired) electrons. The molecule has 0 spiro atoms. The Morgan fingerprint density at radius 1 is 1.31 bits per heavy atom. The molecule has 2 unspecified atom stereocenters. The number of hydrogen-bond donors (Lipinski definition) is 0. The molecule has 2 saturated heterocycles. The Morgan fingerprint density at radius 3 is 2.73 bits per heavy atom. The molecule has 138 valence electrons. The molecule has 4 rings (SSSR count). The van der Waals surface area contributed by atoms with E-state index in [0.717, 1.165) is 18.7 Å². The van der Waals surface area contributed by atoms with Gasteiger partial charge in [0.25, 0.3) is 5.91 Å². The second kappa shape index (κ2) is 6.00. The summed E-state index contributed by atoms with van der Waals surface area (Å²) in [6.07, 6.45) is -2.69. The van der Waals surface area contributed by atoms with Gasteiger partial charge in [-0.25, -0.2) is 4.98 Å². The van der Waals surface area contributed by atoms with Crippen molar-refractivity contribution in [2.75, 3.05) is 24.5 Å². The highest BCUT2D eigenvalue weighted by Gasteiger charge is 2.44. The van der Waals surface area contributed by atoms with Gasteiger partial charge < -0.3 is 14.3 Å². The zero-order valence-corrected chi connectivity index (χ0v) is 14.0. The van der Waals surface area contributed by atoms with Crippen molar-refractivity contribution in [1.82, 2.24) is 15.0 Å². The Labute approximate surface area is 147 Å². The van der Waals surface area contributed by atoms with Gasteiger partial charge in [-0.15, -0.1) is 0 Å². The molecular formula is C17H17F3N4O2. The molecule has 2 fully saturated rings.